The zero-order chi connectivity index (χ0) is 50.8. The van der Waals surface area contributed by atoms with E-state index in [0.29, 0.717) is 6.42 Å². The molecule has 1 fully saturated rings. The Labute approximate surface area is 432 Å². The Morgan fingerprint density at radius 1 is 0.471 bits per heavy atom. The SMILES string of the molecule is CCCCCCCCCCCC/C=C/C(O)C(COC1OC(CO)C(O)C(O)C1O)NC(=O)CCCCCCCCCCCCCCCCCCC/C=C\CCCCCCCCCCCCCCCC. The van der Waals surface area contributed by atoms with Gasteiger partial charge in [0.25, 0.3) is 0 Å². The van der Waals surface area contributed by atoms with Crippen molar-refractivity contribution in [2.24, 2.45) is 0 Å². The van der Waals surface area contributed by atoms with E-state index in [1.807, 2.05) is 6.08 Å². The van der Waals surface area contributed by atoms with Crippen LogP contribution < -0.4 is 5.32 Å². The van der Waals surface area contributed by atoms with Crippen molar-refractivity contribution in [1.82, 2.24) is 5.32 Å². The quantitative estimate of drug-likeness (QED) is 0.0261. The van der Waals surface area contributed by atoms with Gasteiger partial charge in [-0.25, -0.2) is 0 Å². The number of nitrogens with one attached hydrogen (secondary N) is 1. The van der Waals surface area contributed by atoms with E-state index in [4.69, 9.17) is 9.47 Å². The second-order valence-corrected chi connectivity index (χ2v) is 21.5. The standard InChI is InChI=1S/C61H117NO8/c1-3-5-7-9-11-13-15-17-18-19-20-21-22-23-24-25-26-27-28-29-30-31-32-33-34-35-36-37-38-39-41-43-45-47-49-51-57(65)62-54(53-69-61-60(68)59(67)58(66)56(52-63)70-61)55(64)50-48-46-44-42-40-16-14-12-10-8-6-4-2/h25-26,48,50,54-56,58-61,63-64,66-68H,3-24,27-47,49,51-53H2,1-2H3,(H,62,65)/b26-25-,50-48+. The molecule has 9 nitrogen and oxygen atoms in total. The number of aliphatic hydroxyl groups is 5. The van der Waals surface area contributed by atoms with Crippen LogP contribution >= 0.6 is 0 Å². The van der Waals surface area contributed by atoms with E-state index >= 15 is 0 Å². The first kappa shape index (κ1) is 66.7. The van der Waals surface area contributed by atoms with E-state index in [-0.39, 0.29) is 12.5 Å². The Morgan fingerprint density at radius 3 is 1.16 bits per heavy atom. The van der Waals surface area contributed by atoms with Crippen LogP contribution in [0.5, 0.6) is 0 Å². The number of rotatable bonds is 53. The van der Waals surface area contributed by atoms with E-state index in [1.54, 1.807) is 6.08 Å². The van der Waals surface area contributed by atoms with Gasteiger partial charge < -0.3 is 40.3 Å². The predicted molar refractivity (Wildman–Crippen MR) is 295 cm³/mol. The Balaban J connectivity index is 2.06. The van der Waals surface area contributed by atoms with Crippen LogP contribution in [0.3, 0.4) is 0 Å². The molecular weight excluding hydrogens is 875 g/mol. The monoisotopic (exact) mass is 992 g/mol. The molecule has 414 valence electrons. The van der Waals surface area contributed by atoms with Crippen molar-refractivity contribution in [1.29, 1.82) is 0 Å². The maximum Gasteiger partial charge on any atom is 0.220 e. The van der Waals surface area contributed by atoms with Crippen LogP contribution in [0.2, 0.25) is 0 Å². The second kappa shape index (κ2) is 51.2. The number of amides is 1. The number of ether oxygens (including phenoxy) is 2. The van der Waals surface area contributed by atoms with Gasteiger partial charge in [0.15, 0.2) is 6.29 Å². The van der Waals surface area contributed by atoms with Crippen LogP contribution in [0.1, 0.15) is 303 Å². The van der Waals surface area contributed by atoms with Crippen molar-refractivity contribution < 1.29 is 39.8 Å². The lowest BCUT2D eigenvalue weighted by atomic mass is 9.99. The molecule has 1 amide bonds. The van der Waals surface area contributed by atoms with E-state index in [1.165, 1.54) is 244 Å². The molecule has 1 rings (SSSR count). The molecule has 70 heavy (non-hydrogen) atoms. The maximum atomic E-state index is 13.0. The fraction of sp³-hybridized carbons (Fsp3) is 0.918. The van der Waals surface area contributed by atoms with Crippen molar-refractivity contribution in [3.63, 3.8) is 0 Å². The van der Waals surface area contributed by atoms with Crippen molar-refractivity contribution in [3.05, 3.63) is 24.3 Å². The number of hydrogen-bond donors (Lipinski definition) is 6. The molecular formula is C61H117NO8. The van der Waals surface area contributed by atoms with Gasteiger partial charge in [-0.3, -0.25) is 4.79 Å². The lowest BCUT2D eigenvalue weighted by Crippen LogP contribution is -2.60. The van der Waals surface area contributed by atoms with Crippen LogP contribution in [0.25, 0.3) is 0 Å². The smallest absolute Gasteiger partial charge is 0.220 e. The number of carbonyl (C=O) groups excluding carboxylic acids is 1. The first-order chi connectivity index (χ1) is 34.3. The minimum atomic E-state index is -1.56. The highest BCUT2D eigenvalue weighted by Crippen LogP contribution is 2.23. The number of hydrogen-bond acceptors (Lipinski definition) is 8. The van der Waals surface area contributed by atoms with Gasteiger partial charge in [0, 0.05) is 6.42 Å². The molecule has 0 saturated carbocycles. The summed E-state index contributed by atoms with van der Waals surface area (Å²) in [6, 6.07) is -0.801. The molecule has 6 N–H and O–H groups in total. The number of carbonyl (C=O) groups is 1. The summed E-state index contributed by atoms with van der Waals surface area (Å²) in [5.74, 6) is -0.173. The Kier molecular flexibility index (Phi) is 48.7. The molecule has 0 bridgehead atoms. The third-order valence-electron chi connectivity index (χ3n) is 14.8. The van der Waals surface area contributed by atoms with Crippen molar-refractivity contribution in [2.45, 2.75) is 346 Å². The van der Waals surface area contributed by atoms with Crippen molar-refractivity contribution in [2.75, 3.05) is 13.2 Å². The third kappa shape index (κ3) is 40.1. The summed E-state index contributed by atoms with van der Waals surface area (Å²) >= 11 is 0. The highest BCUT2D eigenvalue weighted by Gasteiger charge is 2.44. The highest BCUT2D eigenvalue weighted by molar-refractivity contribution is 5.76. The normalized spacial score (nSPS) is 19.4. The minimum Gasteiger partial charge on any atom is -0.394 e. The average Bonchev–Trinajstić information content (AvgIpc) is 3.36. The van der Waals surface area contributed by atoms with Crippen LogP contribution in [0, 0.1) is 0 Å². The van der Waals surface area contributed by atoms with Crippen molar-refractivity contribution >= 4 is 5.91 Å². The third-order valence-corrected chi connectivity index (χ3v) is 14.8. The van der Waals surface area contributed by atoms with Gasteiger partial charge in [0.2, 0.25) is 5.91 Å². The van der Waals surface area contributed by atoms with E-state index in [0.717, 1.165) is 38.5 Å². The number of unbranched alkanes of at least 4 members (excludes halogenated alkanes) is 41. The fourth-order valence-corrected chi connectivity index (χ4v) is 9.92. The first-order valence-corrected chi connectivity index (χ1v) is 30.6. The molecule has 1 aliphatic heterocycles. The molecule has 1 heterocycles. The minimum absolute atomic E-state index is 0.173. The van der Waals surface area contributed by atoms with Gasteiger partial charge in [-0.15, -0.1) is 0 Å². The van der Waals surface area contributed by atoms with E-state index in [2.05, 4.69) is 31.3 Å². The Morgan fingerprint density at radius 2 is 0.800 bits per heavy atom. The van der Waals surface area contributed by atoms with Gasteiger partial charge >= 0.3 is 0 Å². The largest absolute Gasteiger partial charge is 0.394 e. The van der Waals surface area contributed by atoms with Crippen molar-refractivity contribution in [3.8, 4) is 0 Å². The molecule has 7 unspecified atom stereocenters. The lowest BCUT2D eigenvalue weighted by molar-refractivity contribution is -0.302. The van der Waals surface area contributed by atoms with Gasteiger partial charge in [0.1, 0.15) is 24.4 Å². The van der Waals surface area contributed by atoms with Gasteiger partial charge in [-0.05, 0) is 44.9 Å². The van der Waals surface area contributed by atoms with Gasteiger partial charge in [-0.2, -0.15) is 0 Å². The molecule has 0 radical (unpaired) electrons. The molecule has 0 aromatic rings. The van der Waals surface area contributed by atoms with Crippen LogP contribution in [0.4, 0.5) is 0 Å². The van der Waals surface area contributed by atoms with Crippen LogP contribution in [-0.2, 0) is 14.3 Å². The van der Waals surface area contributed by atoms with Gasteiger partial charge in [-0.1, -0.05) is 276 Å². The van der Waals surface area contributed by atoms with Gasteiger partial charge in [0.05, 0.1) is 25.4 Å². The summed E-state index contributed by atoms with van der Waals surface area (Å²) in [4.78, 5) is 13.0. The van der Waals surface area contributed by atoms with Crippen LogP contribution in [0.15, 0.2) is 24.3 Å². The van der Waals surface area contributed by atoms with E-state index < -0.39 is 49.5 Å². The summed E-state index contributed by atoms with van der Waals surface area (Å²) in [7, 11) is 0. The first-order valence-electron chi connectivity index (χ1n) is 30.6. The number of allylic oxidation sites excluding steroid dienone is 3. The Bertz CT molecular complexity index is 1150. The molecule has 1 saturated heterocycles. The number of aliphatic hydroxyl groups excluding tert-OH is 5. The summed E-state index contributed by atoms with van der Waals surface area (Å²) in [5.41, 5.74) is 0. The summed E-state index contributed by atoms with van der Waals surface area (Å²) < 4.78 is 11.2. The zero-order valence-electron chi connectivity index (χ0n) is 46.0. The molecule has 0 aromatic carbocycles. The molecule has 0 spiro atoms. The summed E-state index contributed by atoms with van der Waals surface area (Å²) in [5, 5.41) is 54.4. The lowest BCUT2D eigenvalue weighted by Gasteiger charge is -2.40. The molecule has 9 heteroatoms. The predicted octanol–water partition coefficient (Wildman–Crippen LogP) is 15.4. The average molecular weight is 993 g/mol. The Hall–Kier alpha value is -1.33. The van der Waals surface area contributed by atoms with Crippen LogP contribution in [-0.4, -0.2) is 87.5 Å². The fourth-order valence-electron chi connectivity index (χ4n) is 9.92. The highest BCUT2D eigenvalue weighted by atomic mass is 16.7. The zero-order valence-corrected chi connectivity index (χ0v) is 46.0. The molecule has 0 aromatic heterocycles. The second-order valence-electron chi connectivity index (χ2n) is 21.5. The molecule has 0 aliphatic carbocycles. The van der Waals surface area contributed by atoms with E-state index in [9.17, 15) is 30.3 Å². The molecule has 1 aliphatic rings. The maximum absolute atomic E-state index is 13.0. The molecule has 7 atom stereocenters. The summed E-state index contributed by atoms with van der Waals surface area (Å²) in [6.45, 7) is 3.80. The topological polar surface area (TPSA) is 149 Å². The summed E-state index contributed by atoms with van der Waals surface area (Å²) in [6.07, 6.45) is 58.5.